The maximum atomic E-state index is 7.10. The Hall–Kier alpha value is -6.83. The van der Waals surface area contributed by atoms with Crippen LogP contribution in [0.5, 0.6) is 5.75 Å². The molecule has 3 atom stereocenters. The third kappa shape index (κ3) is 6.23. The molecule has 314 valence electrons. The lowest BCUT2D eigenvalue weighted by Crippen LogP contribution is -2.42. The van der Waals surface area contributed by atoms with Crippen molar-refractivity contribution < 1.29 is 9.15 Å². The number of hydrogen-bond acceptors (Lipinski definition) is 3. The molecule has 5 heteroatoms. The van der Waals surface area contributed by atoms with Gasteiger partial charge in [0.25, 0.3) is 0 Å². The van der Waals surface area contributed by atoms with E-state index in [0.717, 1.165) is 64.5 Å². The van der Waals surface area contributed by atoms with E-state index in [1.807, 2.05) is 0 Å². The second-order valence-corrected chi connectivity index (χ2v) is 19.8. The number of alkyl halides is 1. The average molecular weight is 953 g/mol. The third-order valence-electron chi connectivity index (χ3n) is 14.4. The van der Waals surface area contributed by atoms with Crippen LogP contribution >= 0.6 is 22.6 Å². The van der Waals surface area contributed by atoms with Gasteiger partial charge in [-0.3, -0.25) is 0 Å². The Morgan fingerprint density at radius 2 is 1.20 bits per heavy atom. The van der Waals surface area contributed by atoms with Gasteiger partial charge in [-0.05, 0) is 109 Å². The molecule has 2 aromatic heterocycles. The topological polar surface area (TPSA) is 30.5 Å². The van der Waals surface area contributed by atoms with Gasteiger partial charge in [-0.1, -0.05) is 169 Å². The quantitative estimate of drug-likeness (QED) is 0.118. The highest BCUT2D eigenvalue weighted by molar-refractivity contribution is 14.1. The summed E-state index contributed by atoms with van der Waals surface area (Å²) in [6, 6.07) is 72.7. The number of nitrogens with zero attached hydrogens (tertiary/aromatic N) is 2. The fourth-order valence-corrected chi connectivity index (χ4v) is 12.6. The second kappa shape index (κ2) is 15.4. The maximum Gasteiger partial charge on any atom is 0.142 e. The predicted molar refractivity (Wildman–Crippen MR) is 275 cm³/mol. The van der Waals surface area contributed by atoms with Crippen molar-refractivity contribution in [2.45, 2.75) is 47.5 Å². The van der Waals surface area contributed by atoms with Gasteiger partial charge in [0.2, 0.25) is 0 Å². The summed E-state index contributed by atoms with van der Waals surface area (Å²) in [7, 11) is 0. The molecule has 1 aliphatic heterocycles. The minimum absolute atomic E-state index is 0.116. The van der Waals surface area contributed by atoms with E-state index in [4.69, 9.17) is 9.15 Å². The molecule has 1 saturated carbocycles. The van der Waals surface area contributed by atoms with Crippen molar-refractivity contribution in [1.82, 2.24) is 4.57 Å². The number of aryl methyl sites for hydroxylation is 1. The lowest BCUT2D eigenvalue weighted by molar-refractivity contribution is 0.129. The lowest BCUT2D eigenvalue weighted by Gasteiger charge is -2.41. The number of rotatable bonds is 7. The highest BCUT2D eigenvalue weighted by Crippen LogP contribution is 2.57. The van der Waals surface area contributed by atoms with E-state index < -0.39 is 0 Å². The van der Waals surface area contributed by atoms with Crippen molar-refractivity contribution >= 4 is 61.5 Å². The van der Waals surface area contributed by atoms with E-state index in [1.54, 1.807) is 0 Å². The van der Waals surface area contributed by atoms with Gasteiger partial charge in [0, 0.05) is 67.4 Å². The summed E-state index contributed by atoms with van der Waals surface area (Å²) in [6.07, 6.45) is 5.45. The molecule has 10 aromatic rings. The molecule has 0 spiro atoms. The van der Waals surface area contributed by atoms with Crippen molar-refractivity contribution in [3.63, 3.8) is 0 Å². The molecule has 0 radical (unpaired) electrons. The third-order valence-corrected chi connectivity index (χ3v) is 16.1. The zero-order valence-corrected chi connectivity index (χ0v) is 38.0. The molecule has 0 bridgehead atoms. The fourth-order valence-electron chi connectivity index (χ4n) is 11.3. The number of fused-ring (bicyclic) bond motifs is 10. The van der Waals surface area contributed by atoms with Gasteiger partial charge in [0.15, 0.2) is 0 Å². The van der Waals surface area contributed by atoms with Crippen molar-refractivity contribution in [3.8, 4) is 45.0 Å². The van der Waals surface area contributed by atoms with Gasteiger partial charge in [-0.2, -0.15) is 0 Å². The van der Waals surface area contributed by atoms with E-state index in [1.165, 1.54) is 73.9 Å². The largest absolute Gasteiger partial charge is 0.488 e. The van der Waals surface area contributed by atoms with Crippen LogP contribution < -0.4 is 9.64 Å². The molecule has 1 fully saturated rings. The SMILES string of the molecule is IC1(c2ccc(N(c3ccc(-c4ccccc4)cc3)c3ccc(-c4cccc5c6c(oc45)-c4c(n(-c5ccccc5)c5ccccc45)CC6)cc3)cc2)CCCC2c3ccccc3OC21. The zero-order chi connectivity index (χ0) is 43.1. The Bertz CT molecular complexity index is 3390. The molecule has 3 unspecified atom stereocenters. The second-order valence-electron chi connectivity index (χ2n) is 17.9. The predicted octanol–water partition coefficient (Wildman–Crippen LogP) is 16.3. The molecule has 2 aliphatic carbocycles. The minimum Gasteiger partial charge on any atom is -0.488 e. The van der Waals surface area contributed by atoms with Gasteiger partial charge >= 0.3 is 0 Å². The van der Waals surface area contributed by atoms with Crippen LogP contribution in [0.3, 0.4) is 0 Å². The summed E-state index contributed by atoms with van der Waals surface area (Å²) in [4.78, 5) is 2.38. The molecular formula is C60H45IN2O2. The summed E-state index contributed by atoms with van der Waals surface area (Å²) in [5.41, 5.74) is 17.8. The molecule has 3 heterocycles. The van der Waals surface area contributed by atoms with Crippen LogP contribution in [0, 0.1) is 0 Å². The number of halogens is 1. The summed E-state index contributed by atoms with van der Waals surface area (Å²) < 4.78 is 16.2. The van der Waals surface area contributed by atoms with E-state index in [0.29, 0.717) is 5.92 Å². The van der Waals surface area contributed by atoms with E-state index >= 15 is 0 Å². The molecule has 8 aromatic carbocycles. The van der Waals surface area contributed by atoms with Crippen LogP contribution in [-0.4, -0.2) is 10.7 Å². The van der Waals surface area contributed by atoms with E-state index in [-0.39, 0.29) is 9.53 Å². The van der Waals surface area contributed by atoms with Crippen LogP contribution in [0.1, 0.15) is 47.6 Å². The highest BCUT2D eigenvalue weighted by atomic mass is 127. The lowest BCUT2D eigenvalue weighted by atomic mass is 9.74. The Labute approximate surface area is 392 Å². The Balaban J connectivity index is 0.876. The number of ether oxygens (including phenoxy) is 1. The van der Waals surface area contributed by atoms with Crippen LogP contribution in [0.25, 0.3) is 61.1 Å². The van der Waals surface area contributed by atoms with Gasteiger partial charge in [-0.15, -0.1) is 0 Å². The first-order chi connectivity index (χ1) is 32.1. The molecule has 65 heavy (non-hydrogen) atoms. The van der Waals surface area contributed by atoms with E-state index in [9.17, 15) is 0 Å². The van der Waals surface area contributed by atoms with Crippen molar-refractivity contribution in [1.29, 1.82) is 0 Å². The number of aromatic nitrogens is 1. The number of furan rings is 1. The molecular weight excluding hydrogens is 908 g/mol. The summed E-state index contributed by atoms with van der Waals surface area (Å²) >= 11 is 2.72. The van der Waals surface area contributed by atoms with Crippen molar-refractivity contribution in [2.75, 3.05) is 4.90 Å². The standard InChI is InChI=1S/C60H45IN2O2/c61-60(38-12-21-51-48-17-8-10-23-55(48)64-59(51)60)42-28-34-46(35-29-42)62(44-30-24-40(25-31-44)39-13-3-1-4-14-39)45-32-26-41(27-33-45)47-19-11-20-49-50-36-37-54-56(58(50)65-57(47)49)52-18-7-9-22-53(52)63(54)43-15-5-2-6-16-43/h1-11,13-20,22-35,51,59H,12,21,36-38H2. The van der Waals surface area contributed by atoms with Crippen LogP contribution in [-0.2, 0) is 16.3 Å². The Morgan fingerprint density at radius 1 is 0.569 bits per heavy atom. The van der Waals surface area contributed by atoms with Gasteiger partial charge in [0.1, 0.15) is 23.2 Å². The molecule has 0 saturated heterocycles. The number of hydrogen-bond donors (Lipinski definition) is 0. The minimum atomic E-state index is -0.116. The molecule has 4 nitrogen and oxygen atoms in total. The number of anilines is 3. The van der Waals surface area contributed by atoms with Gasteiger partial charge in [-0.25, -0.2) is 0 Å². The normalized spacial score (nSPS) is 18.4. The Kier molecular flexibility index (Phi) is 9.16. The number of para-hydroxylation sites is 4. The number of benzene rings is 8. The summed E-state index contributed by atoms with van der Waals surface area (Å²) in [5.74, 6) is 2.48. The van der Waals surface area contributed by atoms with Crippen LogP contribution in [0.4, 0.5) is 17.1 Å². The van der Waals surface area contributed by atoms with Crippen LogP contribution in [0.15, 0.2) is 205 Å². The summed E-state index contributed by atoms with van der Waals surface area (Å²) in [6.45, 7) is 0. The average Bonchev–Trinajstić information content (AvgIpc) is 4.06. The van der Waals surface area contributed by atoms with Gasteiger partial charge < -0.3 is 18.6 Å². The maximum absolute atomic E-state index is 7.10. The molecule has 0 N–H and O–H groups in total. The monoisotopic (exact) mass is 952 g/mol. The summed E-state index contributed by atoms with van der Waals surface area (Å²) in [5, 5.41) is 2.43. The van der Waals surface area contributed by atoms with Crippen molar-refractivity contribution in [3.05, 3.63) is 223 Å². The van der Waals surface area contributed by atoms with Gasteiger partial charge in [0.05, 0.1) is 8.94 Å². The first kappa shape index (κ1) is 38.6. The van der Waals surface area contributed by atoms with E-state index in [2.05, 4.69) is 232 Å². The molecule has 13 rings (SSSR count). The molecule has 3 aliphatic rings. The zero-order valence-electron chi connectivity index (χ0n) is 35.8. The van der Waals surface area contributed by atoms with Crippen LogP contribution in [0.2, 0.25) is 0 Å². The molecule has 0 amide bonds. The Morgan fingerprint density at radius 3 is 1.97 bits per heavy atom. The highest BCUT2D eigenvalue weighted by Gasteiger charge is 2.51. The fraction of sp³-hybridized carbons (Fsp3) is 0.133. The first-order valence-corrected chi connectivity index (χ1v) is 24.0. The van der Waals surface area contributed by atoms with Crippen molar-refractivity contribution in [2.24, 2.45) is 0 Å². The first-order valence-electron chi connectivity index (χ1n) is 22.9. The smallest absolute Gasteiger partial charge is 0.142 e.